The number of rotatable bonds is 0. The van der Waals surface area contributed by atoms with Crippen molar-refractivity contribution in [3.8, 4) is 0 Å². The van der Waals surface area contributed by atoms with Crippen LogP contribution in [0.5, 0.6) is 0 Å². The molecule has 0 atom stereocenters. The molecule has 0 bridgehead atoms. The first kappa shape index (κ1) is 12.6. The zero-order chi connectivity index (χ0) is 12.8. The maximum atomic E-state index is 4.90. The minimum atomic E-state index is 0.150. The van der Waals surface area contributed by atoms with Gasteiger partial charge in [0.2, 0.25) is 0 Å². The Labute approximate surface area is 106 Å². The van der Waals surface area contributed by atoms with Crippen LogP contribution in [0.1, 0.15) is 70.5 Å². The highest BCUT2D eigenvalue weighted by Crippen LogP contribution is 2.35. The first-order chi connectivity index (χ1) is 7.69. The van der Waals surface area contributed by atoms with Crippen molar-refractivity contribution in [2.45, 2.75) is 71.6 Å². The monoisotopic (exact) mass is 231 g/mol. The Kier molecular flexibility index (Phi) is 2.84. The van der Waals surface area contributed by atoms with Crippen molar-refractivity contribution in [1.29, 1.82) is 0 Å². The standard InChI is InChI=1S/C16H25N/c1-15(2,3)12-10-14(16(4,5)6)17-13-9-7-8-11(12)13/h10H,7-9H2,1-6H3. The maximum absolute atomic E-state index is 4.90. The molecule has 94 valence electrons. The maximum Gasteiger partial charge on any atom is 0.0463 e. The minimum absolute atomic E-state index is 0.150. The highest BCUT2D eigenvalue weighted by molar-refractivity contribution is 5.41. The molecule has 1 aromatic heterocycles. The van der Waals surface area contributed by atoms with Crippen LogP contribution in [0.4, 0.5) is 0 Å². The molecule has 1 heterocycles. The van der Waals surface area contributed by atoms with Crippen molar-refractivity contribution in [2.75, 3.05) is 0 Å². The second-order valence-corrected chi connectivity index (χ2v) is 7.33. The van der Waals surface area contributed by atoms with Gasteiger partial charge >= 0.3 is 0 Å². The molecule has 0 N–H and O–H groups in total. The van der Waals surface area contributed by atoms with Gasteiger partial charge in [-0.2, -0.15) is 0 Å². The van der Waals surface area contributed by atoms with Crippen molar-refractivity contribution in [3.63, 3.8) is 0 Å². The lowest BCUT2D eigenvalue weighted by atomic mass is 9.80. The molecule has 0 unspecified atom stereocenters. The molecule has 0 saturated heterocycles. The summed E-state index contributed by atoms with van der Waals surface area (Å²) in [6.07, 6.45) is 3.67. The lowest BCUT2D eigenvalue weighted by Crippen LogP contribution is -2.20. The quantitative estimate of drug-likeness (QED) is 0.653. The van der Waals surface area contributed by atoms with Gasteiger partial charge in [-0.1, -0.05) is 41.5 Å². The summed E-state index contributed by atoms with van der Waals surface area (Å²) in [6.45, 7) is 13.7. The molecule has 0 amide bonds. The summed E-state index contributed by atoms with van der Waals surface area (Å²) < 4.78 is 0. The summed E-state index contributed by atoms with van der Waals surface area (Å²) in [5.74, 6) is 0. The Hall–Kier alpha value is -0.850. The summed E-state index contributed by atoms with van der Waals surface area (Å²) in [7, 11) is 0. The molecule has 0 fully saturated rings. The molecular formula is C16H25N. The van der Waals surface area contributed by atoms with Crippen LogP contribution in [0.15, 0.2) is 6.07 Å². The lowest BCUT2D eigenvalue weighted by Gasteiger charge is -2.27. The van der Waals surface area contributed by atoms with Crippen LogP contribution >= 0.6 is 0 Å². The van der Waals surface area contributed by atoms with Gasteiger partial charge in [0.05, 0.1) is 0 Å². The average molecular weight is 231 g/mol. The first-order valence-corrected chi connectivity index (χ1v) is 6.73. The molecule has 1 aliphatic carbocycles. The van der Waals surface area contributed by atoms with Crippen LogP contribution in [0.3, 0.4) is 0 Å². The highest BCUT2D eigenvalue weighted by atomic mass is 14.7. The lowest BCUT2D eigenvalue weighted by molar-refractivity contribution is 0.547. The van der Waals surface area contributed by atoms with Gasteiger partial charge in [-0.25, -0.2) is 0 Å². The van der Waals surface area contributed by atoms with E-state index in [0.717, 1.165) is 0 Å². The second-order valence-electron chi connectivity index (χ2n) is 7.33. The van der Waals surface area contributed by atoms with E-state index in [9.17, 15) is 0 Å². The first-order valence-electron chi connectivity index (χ1n) is 6.73. The van der Waals surface area contributed by atoms with E-state index in [1.54, 1.807) is 0 Å². The number of fused-ring (bicyclic) bond motifs is 1. The fourth-order valence-electron chi connectivity index (χ4n) is 2.60. The molecule has 17 heavy (non-hydrogen) atoms. The Morgan fingerprint density at radius 3 is 2.12 bits per heavy atom. The van der Waals surface area contributed by atoms with Crippen molar-refractivity contribution in [1.82, 2.24) is 4.98 Å². The van der Waals surface area contributed by atoms with E-state index in [-0.39, 0.29) is 10.8 Å². The average Bonchev–Trinajstić information content (AvgIpc) is 2.59. The number of aromatic nitrogens is 1. The van der Waals surface area contributed by atoms with Crippen molar-refractivity contribution in [3.05, 3.63) is 28.6 Å². The van der Waals surface area contributed by atoms with Crippen molar-refractivity contribution < 1.29 is 0 Å². The number of hydrogen-bond donors (Lipinski definition) is 0. The predicted octanol–water partition coefficient (Wildman–Crippen LogP) is 4.17. The molecule has 1 aliphatic rings. The van der Waals surface area contributed by atoms with Gasteiger partial charge in [0, 0.05) is 16.8 Å². The Balaban J connectivity index is 2.62. The van der Waals surface area contributed by atoms with E-state index in [1.165, 1.54) is 41.8 Å². The smallest absolute Gasteiger partial charge is 0.0463 e. The minimum Gasteiger partial charge on any atom is -0.257 e. The van der Waals surface area contributed by atoms with Crippen LogP contribution in [0.25, 0.3) is 0 Å². The number of hydrogen-bond acceptors (Lipinski definition) is 1. The highest BCUT2D eigenvalue weighted by Gasteiger charge is 2.27. The van der Waals surface area contributed by atoms with Gasteiger partial charge in [-0.15, -0.1) is 0 Å². The van der Waals surface area contributed by atoms with Gasteiger partial charge in [-0.05, 0) is 41.9 Å². The normalized spacial score (nSPS) is 16.1. The topological polar surface area (TPSA) is 12.9 Å². The third kappa shape index (κ3) is 2.38. The molecule has 0 aliphatic heterocycles. The fraction of sp³-hybridized carbons (Fsp3) is 0.688. The van der Waals surface area contributed by atoms with E-state index < -0.39 is 0 Å². The molecule has 0 aromatic carbocycles. The molecular weight excluding hydrogens is 206 g/mol. The van der Waals surface area contributed by atoms with Gasteiger partial charge in [0.15, 0.2) is 0 Å². The van der Waals surface area contributed by atoms with Crippen LogP contribution in [-0.2, 0) is 23.7 Å². The van der Waals surface area contributed by atoms with E-state index in [0.29, 0.717) is 0 Å². The van der Waals surface area contributed by atoms with Gasteiger partial charge in [0.25, 0.3) is 0 Å². The van der Waals surface area contributed by atoms with Gasteiger partial charge in [-0.3, -0.25) is 4.98 Å². The molecule has 0 spiro atoms. The summed E-state index contributed by atoms with van der Waals surface area (Å²) in [5, 5.41) is 0. The van der Waals surface area contributed by atoms with Crippen LogP contribution in [-0.4, -0.2) is 4.98 Å². The predicted molar refractivity (Wildman–Crippen MR) is 73.7 cm³/mol. The van der Waals surface area contributed by atoms with Gasteiger partial charge < -0.3 is 0 Å². The van der Waals surface area contributed by atoms with Crippen LogP contribution in [0, 0.1) is 0 Å². The molecule has 1 aromatic rings. The summed E-state index contributed by atoms with van der Waals surface area (Å²) in [4.78, 5) is 4.90. The Bertz CT molecular complexity index is 430. The third-order valence-electron chi connectivity index (χ3n) is 3.63. The van der Waals surface area contributed by atoms with E-state index in [2.05, 4.69) is 47.6 Å². The fourth-order valence-corrected chi connectivity index (χ4v) is 2.60. The molecule has 1 nitrogen and oxygen atoms in total. The Morgan fingerprint density at radius 2 is 1.59 bits per heavy atom. The van der Waals surface area contributed by atoms with Crippen LogP contribution in [0.2, 0.25) is 0 Å². The zero-order valence-electron chi connectivity index (χ0n) is 12.1. The van der Waals surface area contributed by atoms with E-state index in [4.69, 9.17) is 4.98 Å². The number of nitrogens with zero attached hydrogens (tertiary/aromatic N) is 1. The Morgan fingerprint density at radius 1 is 0.941 bits per heavy atom. The summed E-state index contributed by atoms with van der Waals surface area (Å²) >= 11 is 0. The number of pyridine rings is 1. The summed E-state index contributed by atoms with van der Waals surface area (Å²) in [5.41, 5.74) is 6.05. The second kappa shape index (κ2) is 3.83. The SMILES string of the molecule is CC(C)(C)c1cc(C(C)(C)C)c2c(n1)CCC2. The van der Waals surface area contributed by atoms with Crippen LogP contribution < -0.4 is 0 Å². The summed E-state index contributed by atoms with van der Waals surface area (Å²) in [6, 6.07) is 2.35. The van der Waals surface area contributed by atoms with Gasteiger partial charge in [0.1, 0.15) is 0 Å². The van der Waals surface area contributed by atoms with E-state index in [1.807, 2.05) is 0 Å². The number of aryl methyl sites for hydroxylation is 1. The molecule has 2 rings (SSSR count). The molecule has 0 saturated carbocycles. The van der Waals surface area contributed by atoms with E-state index >= 15 is 0 Å². The van der Waals surface area contributed by atoms with Crippen molar-refractivity contribution >= 4 is 0 Å². The largest absolute Gasteiger partial charge is 0.257 e. The molecule has 0 radical (unpaired) electrons. The third-order valence-corrected chi connectivity index (χ3v) is 3.63. The zero-order valence-corrected chi connectivity index (χ0v) is 12.1. The molecule has 1 heteroatoms. The van der Waals surface area contributed by atoms with Crippen molar-refractivity contribution in [2.24, 2.45) is 0 Å².